The molecular formula is C15H21BrN2O4. The lowest BCUT2D eigenvalue weighted by molar-refractivity contribution is -0.122. The maximum Gasteiger partial charge on any atom is 0.273 e. The Morgan fingerprint density at radius 1 is 1.27 bits per heavy atom. The third-order valence-electron chi connectivity index (χ3n) is 2.54. The van der Waals surface area contributed by atoms with Gasteiger partial charge in [0.2, 0.25) is 5.91 Å². The number of carbonyl (C=O) groups is 2. The van der Waals surface area contributed by atoms with Crippen LogP contribution in [-0.4, -0.2) is 31.1 Å². The molecule has 2 amide bonds. The molecule has 2 N–H and O–H groups in total. The van der Waals surface area contributed by atoms with Crippen LogP contribution in [-0.2, 0) is 9.53 Å². The van der Waals surface area contributed by atoms with Crippen molar-refractivity contribution < 1.29 is 19.1 Å². The summed E-state index contributed by atoms with van der Waals surface area (Å²) in [5, 5.41) is 0. The van der Waals surface area contributed by atoms with E-state index in [9.17, 15) is 9.59 Å². The highest BCUT2D eigenvalue weighted by Crippen LogP contribution is 2.24. The lowest BCUT2D eigenvalue weighted by atomic mass is 10.2. The standard InChI is InChI=1S/C15H21BrN2O4/c1-4-21-8-7-14(19)17-18-15(20)12-9-11(16)5-6-13(12)22-10(2)3/h5-6,9-10H,4,7-8H2,1-3H3,(H,17,19)(H,18,20). The lowest BCUT2D eigenvalue weighted by Gasteiger charge is -2.15. The van der Waals surface area contributed by atoms with Gasteiger partial charge < -0.3 is 9.47 Å². The first-order chi connectivity index (χ1) is 10.4. The van der Waals surface area contributed by atoms with E-state index >= 15 is 0 Å². The van der Waals surface area contributed by atoms with E-state index in [0.29, 0.717) is 24.5 Å². The number of rotatable bonds is 7. The van der Waals surface area contributed by atoms with Gasteiger partial charge in [-0.3, -0.25) is 20.4 Å². The molecule has 0 unspecified atom stereocenters. The number of hydrogen-bond acceptors (Lipinski definition) is 4. The largest absolute Gasteiger partial charge is 0.490 e. The molecule has 1 aromatic carbocycles. The van der Waals surface area contributed by atoms with Gasteiger partial charge in [0.05, 0.1) is 24.7 Å². The molecule has 22 heavy (non-hydrogen) atoms. The fourth-order valence-corrected chi connectivity index (χ4v) is 1.96. The number of halogens is 1. The fourth-order valence-electron chi connectivity index (χ4n) is 1.60. The predicted octanol–water partition coefficient (Wildman–Crippen LogP) is 2.42. The van der Waals surface area contributed by atoms with Crippen LogP contribution in [0.3, 0.4) is 0 Å². The number of nitrogens with one attached hydrogen (secondary N) is 2. The van der Waals surface area contributed by atoms with Gasteiger partial charge in [-0.05, 0) is 39.0 Å². The second kappa shape index (κ2) is 9.42. The summed E-state index contributed by atoms with van der Waals surface area (Å²) in [4.78, 5) is 23.7. The molecule has 0 fully saturated rings. The van der Waals surface area contributed by atoms with Gasteiger partial charge in [-0.1, -0.05) is 15.9 Å². The SMILES string of the molecule is CCOCCC(=O)NNC(=O)c1cc(Br)ccc1OC(C)C. The van der Waals surface area contributed by atoms with Gasteiger partial charge in [-0.2, -0.15) is 0 Å². The zero-order valence-corrected chi connectivity index (χ0v) is 14.5. The highest BCUT2D eigenvalue weighted by Gasteiger charge is 2.15. The van der Waals surface area contributed by atoms with Crippen LogP contribution >= 0.6 is 15.9 Å². The molecule has 0 aromatic heterocycles. The summed E-state index contributed by atoms with van der Waals surface area (Å²) in [5.41, 5.74) is 5.06. The van der Waals surface area contributed by atoms with Gasteiger partial charge >= 0.3 is 0 Å². The van der Waals surface area contributed by atoms with E-state index in [-0.39, 0.29) is 18.4 Å². The molecule has 122 valence electrons. The van der Waals surface area contributed by atoms with Crippen LogP contribution in [0.1, 0.15) is 37.6 Å². The van der Waals surface area contributed by atoms with E-state index in [4.69, 9.17) is 9.47 Å². The zero-order valence-electron chi connectivity index (χ0n) is 12.9. The molecule has 0 heterocycles. The third kappa shape index (κ3) is 6.44. The highest BCUT2D eigenvalue weighted by atomic mass is 79.9. The summed E-state index contributed by atoms with van der Waals surface area (Å²) >= 11 is 3.31. The minimum atomic E-state index is -0.443. The molecule has 0 bridgehead atoms. The van der Waals surface area contributed by atoms with Crippen LogP contribution in [0.25, 0.3) is 0 Å². The van der Waals surface area contributed by atoms with Gasteiger partial charge in [0.1, 0.15) is 5.75 Å². The molecule has 0 aliphatic rings. The van der Waals surface area contributed by atoms with E-state index < -0.39 is 5.91 Å². The van der Waals surface area contributed by atoms with Crippen LogP contribution in [0, 0.1) is 0 Å². The van der Waals surface area contributed by atoms with Crippen molar-refractivity contribution in [3.8, 4) is 5.75 Å². The average Bonchev–Trinajstić information content (AvgIpc) is 2.46. The van der Waals surface area contributed by atoms with Crippen LogP contribution < -0.4 is 15.6 Å². The van der Waals surface area contributed by atoms with Gasteiger partial charge in [-0.15, -0.1) is 0 Å². The summed E-state index contributed by atoms with van der Waals surface area (Å²) in [6.07, 6.45) is 0.121. The quantitative estimate of drug-likeness (QED) is 0.569. The fraction of sp³-hybridized carbons (Fsp3) is 0.467. The number of hydrogen-bond donors (Lipinski definition) is 2. The van der Waals surface area contributed by atoms with Gasteiger partial charge in [-0.25, -0.2) is 0 Å². The lowest BCUT2D eigenvalue weighted by Crippen LogP contribution is -2.42. The first-order valence-corrected chi connectivity index (χ1v) is 7.86. The average molecular weight is 373 g/mol. The second-order valence-electron chi connectivity index (χ2n) is 4.76. The molecule has 0 saturated carbocycles. The van der Waals surface area contributed by atoms with Crippen molar-refractivity contribution in [2.24, 2.45) is 0 Å². The zero-order chi connectivity index (χ0) is 16.5. The Kier molecular flexibility index (Phi) is 7.90. The maximum atomic E-state index is 12.2. The van der Waals surface area contributed by atoms with Crippen LogP contribution in [0.15, 0.2) is 22.7 Å². The van der Waals surface area contributed by atoms with Crippen molar-refractivity contribution in [3.63, 3.8) is 0 Å². The van der Waals surface area contributed by atoms with Crippen LogP contribution in [0.2, 0.25) is 0 Å². The first-order valence-electron chi connectivity index (χ1n) is 7.07. The molecule has 0 atom stereocenters. The Morgan fingerprint density at radius 3 is 2.64 bits per heavy atom. The number of amides is 2. The predicted molar refractivity (Wildman–Crippen MR) is 86.6 cm³/mol. The van der Waals surface area contributed by atoms with E-state index in [1.54, 1.807) is 18.2 Å². The Bertz CT molecular complexity index is 520. The molecule has 1 rings (SSSR count). The van der Waals surface area contributed by atoms with Crippen molar-refractivity contribution in [2.45, 2.75) is 33.3 Å². The van der Waals surface area contributed by atoms with Crippen molar-refractivity contribution in [3.05, 3.63) is 28.2 Å². The number of hydrazine groups is 1. The van der Waals surface area contributed by atoms with Crippen LogP contribution in [0.4, 0.5) is 0 Å². The van der Waals surface area contributed by atoms with E-state index in [0.717, 1.165) is 4.47 Å². The minimum Gasteiger partial charge on any atom is -0.490 e. The van der Waals surface area contributed by atoms with E-state index in [2.05, 4.69) is 26.8 Å². The van der Waals surface area contributed by atoms with Gasteiger partial charge in [0.25, 0.3) is 5.91 Å². The Labute approximate surface area is 138 Å². The van der Waals surface area contributed by atoms with E-state index in [1.807, 2.05) is 20.8 Å². The molecule has 0 aliphatic carbocycles. The molecule has 6 nitrogen and oxygen atoms in total. The van der Waals surface area contributed by atoms with Crippen LogP contribution in [0.5, 0.6) is 5.75 Å². The molecule has 7 heteroatoms. The highest BCUT2D eigenvalue weighted by molar-refractivity contribution is 9.10. The third-order valence-corrected chi connectivity index (χ3v) is 3.04. The summed E-state index contributed by atoms with van der Waals surface area (Å²) in [7, 11) is 0. The maximum absolute atomic E-state index is 12.2. The van der Waals surface area contributed by atoms with E-state index in [1.165, 1.54) is 0 Å². The molecule has 0 spiro atoms. The van der Waals surface area contributed by atoms with Crippen molar-refractivity contribution >= 4 is 27.7 Å². The van der Waals surface area contributed by atoms with Gasteiger partial charge in [0.15, 0.2) is 0 Å². The molecule has 0 saturated heterocycles. The number of ether oxygens (including phenoxy) is 2. The normalized spacial score (nSPS) is 10.4. The summed E-state index contributed by atoms with van der Waals surface area (Å²) in [6.45, 7) is 6.46. The van der Waals surface area contributed by atoms with Crippen molar-refractivity contribution in [1.29, 1.82) is 0 Å². The molecule has 0 aliphatic heterocycles. The summed E-state index contributed by atoms with van der Waals surface area (Å²) in [5.74, 6) is -0.302. The smallest absolute Gasteiger partial charge is 0.273 e. The number of benzene rings is 1. The molecular weight excluding hydrogens is 352 g/mol. The topological polar surface area (TPSA) is 76.7 Å². The Balaban J connectivity index is 2.64. The minimum absolute atomic E-state index is 0.0616. The second-order valence-corrected chi connectivity index (χ2v) is 5.67. The first kappa shape index (κ1) is 18.4. The van der Waals surface area contributed by atoms with Crippen molar-refractivity contribution in [1.82, 2.24) is 10.9 Å². The summed E-state index contributed by atoms with van der Waals surface area (Å²) < 4.78 is 11.4. The van der Waals surface area contributed by atoms with Gasteiger partial charge in [0, 0.05) is 11.1 Å². The Morgan fingerprint density at radius 2 is 2.00 bits per heavy atom. The molecule has 0 radical (unpaired) electrons. The Hall–Kier alpha value is -1.60. The van der Waals surface area contributed by atoms with Crippen molar-refractivity contribution in [2.75, 3.05) is 13.2 Å². The molecule has 1 aromatic rings. The monoisotopic (exact) mass is 372 g/mol. The summed E-state index contributed by atoms with van der Waals surface area (Å²) in [6, 6.07) is 5.13. The number of carbonyl (C=O) groups excluding carboxylic acids is 2.